The van der Waals surface area contributed by atoms with Gasteiger partial charge in [-0.15, -0.1) is 5.10 Å². The molecule has 86 valence electrons. The minimum atomic E-state index is -0.275. The van der Waals surface area contributed by atoms with Crippen LogP contribution in [0.15, 0.2) is 21.2 Å². The van der Waals surface area contributed by atoms with Crippen LogP contribution < -0.4 is 11.3 Å². The first-order valence-corrected chi connectivity index (χ1v) is 5.50. The summed E-state index contributed by atoms with van der Waals surface area (Å²) < 4.78 is 7.83. The molecule has 2 rings (SSSR count). The number of nitrogens with zero attached hydrogens (tertiary/aromatic N) is 3. The van der Waals surface area contributed by atoms with E-state index in [-0.39, 0.29) is 6.04 Å². The molecule has 0 amide bonds. The van der Waals surface area contributed by atoms with Crippen LogP contribution in [0.3, 0.4) is 0 Å². The van der Waals surface area contributed by atoms with Crippen molar-refractivity contribution in [2.24, 2.45) is 12.9 Å². The van der Waals surface area contributed by atoms with Gasteiger partial charge in [-0.25, -0.2) is 10.1 Å². The molecule has 0 radical (unpaired) electrons. The summed E-state index contributed by atoms with van der Waals surface area (Å²) in [5.41, 5.74) is 3.51. The summed E-state index contributed by atoms with van der Waals surface area (Å²) in [5, 5.41) is 7.81. The first-order chi connectivity index (χ1) is 7.63. The van der Waals surface area contributed by atoms with Gasteiger partial charge in [0.1, 0.15) is 17.6 Å². The number of hydrogen-bond acceptors (Lipinski definition) is 5. The van der Waals surface area contributed by atoms with Crippen LogP contribution in [0.25, 0.3) is 0 Å². The van der Waals surface area contributed by atoms with Crippen molar-refractivity contribution in [2.45, 2.75) is 13.0 Å². The highest BCUT2D eigenvalue weighted by Gasteiger charge is 2.23. The molecule has 0 fully saturated rings. The molecule has 0 spiro atoms. The third-order valence-corrected chi connectivity index (χ3v) is 2.88. The van der Waals surface area contributed by atoms with Crippen molar-refractivity contribution >= 4 is 15.9 Å². The van der Waals surface area contributed by atoms with E-state index in [0.29, 0.717) is 4.60 Å². The van der Waals surface area contributed by atoms with E-state index in [4.69, 9.17) is 10.3 Å². The quantitative estimate of drug-likeness (QED) is 0.650. The fourth-order valence-electron chi connectivity index (χ4n) is 1.55. The average molecular weight is 286 g/mol. The number of aromatic nitrogens is 3. The predicted octanol–water partition coefficient (Wildman–Crippen LogP) is 1.03. The van der Waals surface area contributed by atoms with Gasteiger partial charge in [0.05, 0.1) is 5.69 Å². The molecule has 0 saturated heterocycles. The number of aryl methyl sites for hydroxylation is 2. The molecule has 2 aromatic rings. The van der Waals surface area contributed by atoms with Crippen LogP contribution in [0.5, 0.6) is 0 Å². The van der Waals surface area contributed by atoms with Crippen molar-refractivity contribution < 1.29 is 4.42 Å². The number of nitrogens with two attached hydrogens (primary N) is 1. The lowest BCUT2D eigenvalue weighted by Gasteiger charge is -2.13. The van der Waals surface area contributed by atoms with Crippen LogP contribution in [0.4, 0.5) is 0 Å². The van der Waals surface area contributed by atoms with E-state index < -0.39 is 0 Å². The molecular formula is C9H12BrN5O. The fraction of sp³-hybridized carbons (Fsp3) is 0.333. The number of rotatable bonds is 3. The molecule has 0 bridgehead atoms. The smallest absolute Gasteiger partial charge is 0.153 e. The van der Waals surface area contributed by atoms with E-state index in [1.54, 1.807) is 11.7 Å². The van der Waals surface area contributed by atoms with Crippen LogP contribution in [0, 0.1) is 6.92 Å². The highest BCUT2D eigenvalue weighted by Crippen LogP contribution is 2.27. The highest BCUT2D eigenvalue weighted by atomic mass is 79.9. The number of hydrazine groups is 1. The lowest BCUT2D eigenvalue weighted by Crippen LogP contribution is -2.30. The number of halogens is 1. The summed E-state index contributed by atoms with van der Waals surface area (Å²) in [6.45, 7) is 1.88. The molecule has 7 heteroatoms. The molecule has 0 aliphatic rings. The zero-order valence-electron chi connectivity index (χ0n) is 8.94. The summed E-state index contributed by atoms with van der Waals surface area (Å²) in [6.07, 6.45) is 0. The Hall–Kier alpha value is -1.18. The minimum absolute atomic E-state index is 0.275. The Bertz CT molecular complexity index is 472. The molecule has 2 heterocycles. The Morgan fingerprint density at radius 1 is 1.56 bits per heavy atom. The van der Waals surface area contributed by atoms with Crippen molar-refractivity contribution in [3.8, 4) is 0 Å². The SMILES string of the molecule is Cc1ccc(C(NN)c2c(Br)nnn2C)o1. The second-order valence-electron chi connectivity index (χ2n) is 3.44. The maximum Gasteiger partial charge on any atom is 0.153 e. The van der Waals surface area contributed by atoms with E-state index in [1.807, 2.05) is 19.1 Å². The zero-order chi connectivity index (χ0) is 11.7. The van der Waals surface area contributed by atoms with Crippen LogP contribution in [0.2, 0.25) is 0 Å². The number of furan rings is 1. The van der Waals surface area contributed by atoms with E-state index in [0.717, 1.165) is 17.2 Å². The summed E-state index contributed by atoms with van der Waals surface area (Å²) in [4.78, 5) is 0. The zero-order valence-corrected chi connectivity index (χ0v) is 10.5. The van der Waals surface area contributed by atoms with Crippen LogP contribution in [-0.2, 0) is 7.05 Å². The lowest BCUT2D eigenvalue weighted by molar-refractivity contribution is 0.422. The molecule has 0 aromatic carbocycles. The largest absolute Gasteiger partial charge is 0.464 e. The lowest BCUT2D eigenvalue weighted by atomic mass is 10.2. The molecule has 16 heavy (non-hydrogen) atoms. The second kappa shape index (κ2) is 4.36. The maximum absolute atomic E-state index is 5.54. The second-order valence-corrected chi connectivity index (χ2v) is 4.19. The molecule has 0 saturated carbocycles. The average Bonchev–Trinajstić information content (AvgIpc) is 2.80. The van der Waals surface area contributed by atoms with Gasteiger partial charge in [0.2, 0.25) is 0 Å². The van der Waals surface area contributed by atoms with Crippen molar-refractivity contribution in [3.63, 3.8) is 0 Å². The van der Waals surface area contributed by atoms with Crippen molar-refractivity contribution in [3.05, 3.63) is 34.0 Å². The Balaban J connectivity index is 2.44. The summed E-state index contributed by atoms with van der Waals surface area (Å²) in [5.74, 6) is 7.11. The molecule has 2 aromatic heterocycles. The third kappa shape index (κ3) is 1.89. The molecule has 0 aliphatic heterocycles. The number of hydrogen-bond donors (Lipinski definition) is 2. The minimum Gasteiger partial charge on any atom is -0.464 e. The molecule has 1 atom stereocenters. The Labute approximate surface area is 101 Å². The molecule has 0 aliphatic carbocycles. The molecule has 1 unspecified atom stereocenters. The first-order valence-electron chi connectivity index (χ1n) is 4.71. The maximum atomic E-state index is 5.54. The standard InChI is InChI=1S/C9H12BrN5O/c1-5-3-4-6(16-5)7(12-11)8-9(10)13-14-15(8)2/h3-4,7,12H,11H2,1-2H3. The van der Waals surface area contributed by atoms with E-state index in [9.17, 15) is 0 Å². The first kappa shape index (κ1) is 11.3. The Morgan fingerprint density at radius 3 is 2.75 bits per heavy atom. The van der Waals surface area contributed by atoms with Gasteiger partial charge in [-0.3, -0.25) is 5.84 Å². The van der Waals surface area contributed by atoms with E-state index in [2.05, 4.69) is 31.7 Å². The van der Waals surface area contributed by atoms with Gasteiger partial charge in [0, 0.05) is 7.05 Å². The van der Waals surface area contributed by atoms with Crippen LogP contribution in [0.1, 0.15) is 23.3 Å². The van der Waals surface area contributed by atoms with Gasteiger partial charge < -0.3 is 4.42 Å². The van der Waals surface area contributed by atoms with E-state index >= 15 is 0 Å². The summed E-state index contributed by atoms with van der Waals surface area (Å²) >= 11 is 3.33. The third-order valence-electron chi connectivity index (χ3n) is 2.31. The van der Waals surface area contributed by atoms with Crippen molar-refractivity contribution in [2.75, 3.05) is 0 Å². The molecule has 6 nitrogen and oxygen atoms in total. The monoisotopic (exact) mass is 285 g/mol. The van der Waals surface area contributed by atoms with Gasteiger partial charge in [-0.05, 0) is 35.0 Å². The normalized spacial score (nSPS) is 13.0. The van der Waals surface area contributed by atoms with Crippen LogP contribution in [-0.4, -0.2) is 15.0 Å². The van der Waals surface area contributed by atoms with Gasteiger partial charge in [0.25, 0.3) is 0 Å². The molecular weight excluding hydrogens is 274 g/mol. The highest BCUT2D eigenvalue weighted by molar-refractivity contribution is 9.10. The Morgan fingerprint density at radius 2 is 2.31 bits per heavy atom. The van der Waals surface area contributed by atoms with Crippen molar-refractivity contribution in [1.82, 2.24) is 20.4 Å². The van der Waals surface area contributed by atoms with Gasteiger partial charge in [-0.2, -0.15) is 0 Å². The summed E-state index contributed by atoms with van der Waals surface area (Å²) in [6, 6.07) is 3.49. The fourth-order valence-corrected chi connectivity index (χ4v) is 2.11. The van der Waals surface area contributed by atoms with Gasteiger partial charge in [-0.1, -0.05) is 5.21 Å². The Kier molecular flexibility index (Phi) is 3.08. The van der Waals surface area contributed by atoms with Crippen molar-refractivity contribution in [1.29, 1.82) is 0 Å². The van der Waals surface area contributed by atoms with Crippen LogP contribution >= 0.6 is 15.9 Å². The number of nitrogens with one attached hydrogen (secondary N) is 1. The summed E-state index contributed by atoms with van der Waals surface area (Å²) in [7, 11) is 1.80. The van der Waals surface area contributed by atoms with Gasteiger partial charge in [0.15, 0.2) is 4.60 Å². The molecule has 3 N–H and O–H groups in total. The van der Waals surface area contributed by atoms with Gasteiger partial charge >= 0.3 is 0 Å². The predicted molar refractivity (Wildman–Crippen MR) is 61.3 cm³/mol. The van der Waals surface area contributed by atoms with E-state index in [1.165, 1.54) is 0 Å². The topological polar surface area (TPSA) is 81.9 Å².